The summed E-state index contributed by atoms with van der Waals surface area (Å²) in [7, 11) is 0. The van der Waals surface area contributed by atoms with Gasteiger partial charge < -0.3 is 5.73 Å². The minimum absolute atomic E-state index is 0.507. The number of hydrogen-bond acceptors (Lipinski definition) is 2. The van der Waals surface area contributed by atoms with E-state index in [1.807, 2.05) is 4.68 Å². The second-order valence-corrected chi connectivity index (χ2v) is 3.03. The molecule has 2 N–H and O–H groups in total. The average molecular weight is 151 g/mol. The molecule has 0 unspecified atom stereocenters. The molecule has 60 valence electrons. The number of rotatable bonds is 1. The van der Waals surface area contributed by atoms with Crippen LogP contribution in [0.5, 0.6) is 0 Å². The Bertz CT molecular complexity index is 228. The van der Waals surface area contributed by atoms with Gasteiger partial charge in [0.2, 0.25) is 0 Å². The quantitative estimate of drug-likeness (QED) is 0.641. The molecule has 0 aromatic carbocycles. The fourth-order valence-corrected chi connectivity index (χ4v) is 1.62. The Kier molecular flexibility index (Phi) is 1.66. The Labute approximate surface area is 66.2 Å². The molecule has 1 aromatic rings. The van der Waals surface area contributed by atoms with E-state index in [1.54, 1.807) is 0 Å². The Morgan fingerprint density at radius 3 is 3.00 bits per heavy atom. The fraction of sp³-hybridized carbons (Fsp3) is 0.625. The first-order valence-electron chi connectivity index (χ1n) is 4.15. The third kappa shape index (κ3) is 1.16. The van der Waals surface area contributed by atoms with E-state index in [4.69, 9.17) is 5.73 Å². The molecule has 0 saturated heterocycles. The molecule has 3 nitrogen and oxygen atoms in total. The van der Waals surface area contributed by atoms with Crippen molar-refractivity contribution in [2.75, 3.05) is 0 Å². The van der Waals surface area contributed by atoms with Crippen molar-refractivity contribution in [3.05, 3.63) is 17.5 Å². The van der Waals surface area contributed by atoms with Gasteiger partial charge in [0.05, 0.1) is 12.4 Å². The van der Waals surface area contributed by atoms with E-state index in [0.717, 1.165) is 6.42 Å². The highest BCUT2D eigenvalue weighted by molar-refractivity contribution is 5.19. The van der Waals surface area contributed by atoms with Gasteiger partial charge in [-0.2, -0.15) is 5.10 Å². The van der Waals surface area contributed by atoms with Crippen LogP contribution in [-0.2, 0) is 19.5 Å². The lowest BCUT2D eigenvalue weighted by Crippen LogP contribution is -2.07. The van der Waals surface area contributed by atoms with Gasteiger partial charge in [0.1, 0.15) is 0 Å². The van der Waals surface area contributed by atoms with Crippen molar-refractivity contribution in [3.8, 4) is 0 Å². The van der Waals surface area contributed by atoms with Gasteiger partial charge in [-0.25, -0.2) is 0 Å². The molecule has 0 amide bonds. The molecule has 0 aliphatic heterocycles. The Hall–Kier alpha value is -0.830. The molecule has 2 rings (SSSR count). The Balaban J connectivity index is 2.32. The SMILES string of the molecule is NCn1cc2c(n1)CCCC2. The van der Waals surface area contributed by atoms with E-state index in [-0.39, 0.29) is 0 Å². The molecule has 3 heteroatoms. The Morgan fingerprint density at radius 1 is 1.45 bits per heavy atom. The van der Waals surface area contributed by atoms with Crippen molar-refractivity contribution >= 4 is 0 Å². The molecule has 0 spiro atoms. The summed E-state index contributed by atoms with van der Waals surface area (Å²) in [5.74, 6) is 0. The highest BCUT2D eigenvalue weighted by Crippen LogP contribution is 2.18. The highest BCUT2D eigenvalue weighted by atomic mass is 15.3. The summed E-state index contributed by atoms with van der Waals surface area (Å²) in [4.78, 5) is 0. The van der Waals surface area contributed by atoms with Crippen LogP contribution < -0.4 is 5.73 Å². The molecule has 1 aliphatic rings. The number of nitrogens with two attached hydrogens (primary N) is 1. The number of aromatic nitrogens is 2. The minimum Gasteiger partial charge on any atom is -0.312 e. The van der Waals surface area contributed by atoms with Crippen LogP contribution in [0.1, 0.15) is 24.1 Å². The summed E-state index contributed by atoms with van der Waals surface area (Å²) < 4.78 is 1.83. The van der Waals surface area contributed by atoms with Gasteiger partial charge in [-0.3, -0.25) is 4.68 Å². The number of fused-ring (bicyclic) bond motifs is 1. The van der Waals surface area contributed by atoms with Crippen molar-refractivity contribution in [2.45, 2.75) is 32.4 Å². The number of nitrogens with zero attached hydrogens (tertiary/aromatic N) is 2. The lowest BCUT2D eigenvalue weighted by molar-refractivity contribution is 0.617. The van der Waals surface area contributed by atoms with Gasteiger partial charge in [0.25, 0.3) is 0 Å². The van der Waals surface area contributed by atoms with Crippen LogP contribution in [-0.4, -0.2) is 9.78 Å². The smallest absolute Gasteiger partial charge is 0.0878 e. The molecule has 0 saturated carbocycles. The first-order chi connectivity index (χ1) is 5.40. The summed E-state index contributed by atoms with van der Waals surface area (Å²) in [6.45, 7) is 0.507. The largest absolute Gasteiger partial charge is 0.312 e. The van der Waals surface area contributed by atoms with Crippen molar-refractivity contribution in [2.24, 2.45) is 5.73 Å². The predicted molar refractivity (Wildman–Crippen MR) is 43.1 cm³/mol. The summed E-state index contributed by atoms with van der Waals surface area (Å²) in [5, 5.41) is 4.36. The Morgan fingerprint density at radius 2 is 2.27 bits per heavy atom. The summed E-state index contributed by atoms with van der Waals surface area (Å²) >= 11 is 0. The molecule has 1 aromatic heterocycles. The number of hydrogen-bond donors (Lipinski definition) is 1. The van der Waals surface area contributed by atoms with Crippen LogP contribution in [0.2, 0.25) is 0 Å². The first-order valence-corrected chi connectivity index (χ1v) is 4.15. The predicted octanol–water partition coefficient (Wildman–Crippen LogP) is 0.678. The number of aryl methyl sites for hydroxylation is 2. The van der Waals surface area contributed by atoms with Gasteiger partial charge in [0.15, 0.2) is 0 Å². The van der Waals surface area contributed by atoms with Crippen molar-refractivity contribution in [3.63, 3.8) is 0 Å². The van der Waals surface area contributed by atoms with Gasteiger partial charge in [-0.05, 0) is 31.2 Å². The second kappa shape index (κ2) is 2.66. The van der Waals surface area contributed by atoms with E-state index < -0.39 is 0 Å². The maximum atomic E-state index is 5.46. The summed E-state index contributed by atoms with van der Waals surface area (Å²) in [6, 6.07) is 0. The van der Waals surface area contributed by atoms with Crippen LogP contribution in [0.25, 0.3) is 0 Å². The van der Waals surface area contributed by atoms with Crippen LogP contribution in [0.15, 0.2) is 6.20 Å². The molecule has 0 bridgehead atoms. The van der Waals surface area contributed by atoms with Gasteiger partial charge in [0, 0.05) is 6.20 Å². The normalized spacial score (nSPS) is 16.5. The molecule has 0 fully saturated rings. The lowest BCUT2D eigenvalue weighted by atomic mass is 9.99. The summed E-state index contributed by atoms with van der Waals surface area (Å²) in [5.41, 5.74) is 8.13. The highest BCUT2D eigenvalue weighted by Gasteiger charge is 2.12. The van der Waals surface area contributed by atoms with Gasteiger partial charge in [-0.1, -0.05) is 0 Å². The second-order valence-electron chi connectivity index (χ2n) is 3.03. The maximum Gasteiger partial charge on any atom is 0.0878 e. The third-order valence-electron chi connectivity index (χ3n) is 2.22. The summed E-state index contributed by atoms with van der Waals surface area (Å²) in [6.07, 6.45) is 7.00. The standard InChI is InChI=1S/C8H13N3/c9-6-11-5-7-3-1-2-4-8(7)10-11/h5H,1-4,6,9H2. The maximum absolute atomic E-state index is 5.46. The lowest BCUT2D eigenvalue weighted by Gasteiger charge is -2.06. The van der Waals surface area contributed by atoms with E-state index in [2.05, 4.69) is 11.3 Å². The first kappa shape index (κ1) is 6.85. The zero-order chi connectivity index (χ0) is 7.68. The van der Waals surface area contributed by atoms with Crippen molar-refractivity contribution < 1.29 is 0 Å². The molecule has 11 heavy (non-hydrogen) atoms. The minimum atomic E-state index is 0.507. The fourth-order valence-electron chi connectivity index (χ4n) is 1.62. The molecule has 0 radical (unpaired) electrons. The van der Waals surface area contributed by atoms with Crippen LogP contribution >= 0.6 is 0 Å². The van der Waals surface area contributed by atoms with E-state index in [0.29, 0.717) is 6.67 Å². The topological polar surface area (TPSA) is 43.8 Å². The third-order valence-corrected chi connectivity index (χ3v) is 2.22. The molecular weight excluding hydrogens is 138 g/mol. The molecular formula is C8H13N3. The van der Waals surface area contributed by atoms with Crippen LogP contribution in [0.3, 0.4) is 0 Å². The van der Waals surface area contributed by atoms with Gasteiger partial charge in [-0.15, -0.1) is 0 Å². The zero-order valence-corrected chi connectivity index (χ0v) is 6.58. The van der Waals surface area contributed by atoms with Gasteiger partial charge >= 0.3 is 0 Å². The van der Waals surface area contributed by atoms with Crippen LogP contribution in [0, 0.1) is 0 Å². The van der Waals surface area contributed by atoms with E-state index in [1.165, 1.54) is 30.5 Å². The van der Waals surface area contributed by atoms with Crippen molar-refractivity contribution in [1.29, 1.82) is 0 Å². The molecule has 0 atom stereocenters. The molecule has 1 aliphatic carbocycles. The van der Waals surface area contributed by atoms with E-state index in [9.17, 15) is 0 Å². The molecule has 1 heterocycles. The monoisotopic (exact) mass is 151 g/mol. The van der Waals surface area contributed by atoms with Crippen molar-refractivity contribution in [1.82, 2.24) is 9.78 Å². The van der Waals surface area contributed by atoms with E-state index >= 15 is 0 Å². The average Bonchev–Trinajstić information content (AvgIpc) is 2.46. The van der Waals surface area contributed by atoms with Crippen LogP contribution in [0.4, 0.5) is 0 Å². The zero-order valence-electron chi connectivity index (χ0n) is 6.58.